The van der Waals surface area contributed by atoms with Gasteiger partial charge in [-0.25, -0.2) is 0 Å². The van der Waals surface area contributed by atoms with Crippen molar-refractivity contribution in [2.75, 3.05) is 0 Å². The summed E-state index contributed by atoms with van der Waals surface area (Å²) in [4.78, 5) is 11.2. The second kappa shape index (κ2) is 6.70. The van der Waals surface area contributed by atoms with Crippen molar-refractivity contribution in [3.05, 3.63) is 89.6 Å². The Bertz CT molecular complexity index is 1100. The van der Waals surface area contributed by atoms with Gasteiger partial charge < -0.3 is 9.67 Å². The SMILES string of the molecule is O=C(O)Cc1cn(-c2ccc(-c3cccc(Cl)c3)cc2)c2ccccc12. The number of aliphatic carboxylic acids is 1. The predicted octanol–water partition coefficient (Wildman–Crippen LogP) is 5.58. The van der Waals surface area contributed by atoms with E-state index in [4.69, 9.17) is 11.6 Å². The molecule has 128 valence electrons. The van der Waals surface area contributed by atoms with Gasteiger partial charge in [-0.15, -0.1) is 0 Å². The van der Waals surface area contributed by atoms with E-state index in [1.165, 1.54) is 0 Å². The van der Waals surface area contributed by atoms with Gasteiger partial charge in [0.05, 0.1) is 11.9 Å². The van der Waals surface area contributed by atoms with Crippen molar-refractivity contribution in [3.8, 4) is 16.8 Å². The van der Waals surface area contributed by atoms with E-state index in [9.17, 15) is 9.90 Å². The molecule has 26 heavy (non-hydrogen) atoms. The van der Waals surface area contributed by atoms with Crippen molar-refractivity contribution in [1.29, 1.82) is 0 Å². The van der Waals surface area contributed by atoms with Crippen LogP contribution in [0.5, 0.6) is 0 Å². The van der Waals surface area contributed by atoms with Crippen LogP contribution in [0.2, 0.25) is 5.02 Å². The second-order valence-electron chi connectivity index (χ2n) is 6.17. The first-order valence-corrected chi connectivity index (χ1v) is 8.67. The van der Waals surface area contributed by atoms with E-state index in [0.717, 1.165) is 33.3 Å². The van der Waals surface area contributed by atoms with E-state index in [2.05, 4.69) is 0 Å². The number of fused-ring (bicyclic) bond motifs is 1. The molecule has 0 atom stereocenters. The number of rotatable bonds is 4. The van der Waals surface area contributed by atoms with E-state index in [-0.39, 0.29) is 6.42 Å². The highest BCUT2D eigenvalue weighted by Gasteiger charge is 2.12. The lowest BCUT2D eigenvalue weighted by Crippen LogP contribution is -1.99. The Morgan fingerprint density at radius 1 is 0.923 bits per heavy atom. The van der Waals surface area contributed by atoms with Crippen LogP contribution in [0.15, 0.2) is 79.0 Å². The Labute approximate surface area is 156 Å². The fourth-order valence-corrected chi connectivity index (χ4v) is 3.44. The molecular formula is C22H16ClNO2. The molecule has 0 saturated carbocycles. The smallest absolute Gasteiger partial charge is 0.307 e. The Balaban J connectivity index is 1.77. The van der Waals surface area contributed by atoms with E-state index in [0.29, 0.717) is 5.02 Å². The fourth-order valence-electron chi connectivity index (χ4n) is 3.25. The monoisotopic (exact) mass is 361 g/mol. The van der Waals surface area contributed by atoms with Crippen LogP contribution in [-0.4, -0.2) is 15.6 Å². The molecule has 0 aliphatic heterocycles. The molecule has 3 aromatic carbocycles. The van der Waals surface area contributed by atoms with Crippen molar-refractivity contribution < 1.29 is 9.90 Å². The van der Waals surface area contributed by atoms with Gasteiger partial charge in [0, 0.05) is 22.3 Å². The molecule has 3 nitrogen and oxygen atoms in total. The summed E-state index contributed by atoms with van der Waals surface area (Å²) < 4.78 is 2.04. The van der Waals surface area contributed by atoms with Crippen molar-refractivity contribution in [3.63, 3.8) is 0 Å². The summed E-state index contributed by atoms with van der Waals surface area (Å²) in [6, 6.07) is 23.8. The van der Waals surface area contributed by atoms with Gasteiger partial charge in [-0.1, -0.05) is 54.1 Å². The first-order chi connectivity index (χ1) is 12.6. The molecular weight excluding hydrogens is 346 g/mol. The van der Waals surface area contributed by atoms with Crippen LogP contribution in [0.25, 0.3) is 27.7 Å². The number of para-hydroxylation sites is 1. The molecule has 0 bridgehead atoms. The minimum absolute atomic E-state index is 0.00805. The molecule has 0 spiro atoms. The van der Waals surface area contributed by atoms with Crippen molar-refractivity contribution in [2.24, 2.45) is 0 Å². The number of aromatic nitrogens is 1. The third kappa shape index (κ3) is 3.09. The van der Waals surface area contributed by atoms with Crippen LogP contribution < -0.4 is 0 Å². The lowest BCUT2D eigenvalue weighted by Gasteiger charge is -2.08. The standard InChI is InChI=1S/C22H16ClNO2/c23-18-5-3-4-16(12-18)15-8-10-19(11-9-15)24-14-17(13-22(25)26)20-6-1-2-7-21(20)24/h1-12,14H,13H2,(H,25,26). The van der Waals surface area contributed by atoms with Gasteiger partial charge in [-0.2, -0.15) is 0 Å². The Morgan fingerprint density at radius 2 is 1.69 bits per heavy atom. The van der Waals surface area contributed by atoms with Crippen LogP contribution in [0.3, 0.4) is 0 Å². The lowest BCUT2D eigenvalue weighted by atomic mass is 10.1. The molecule has 1 N–H and O–H groups in total. The van der Waals surface area contributed by atoms with Crippen LogP contribution in [0.1, 0.15) is 5.56 Å². The van der Waals surface area contributed by atoms with Crippen LogP contribution in [0, 0.1) is 0 Å². The van der Waals surface area contributed by atoms with Crippen molar-refractivity contribution in [2.45, 2.75) is 6.42 Å². The predicted molar refractivity (Wildman–Crippen MR) is 105 cm³/mol. The topological polar surface area (TPSA) is 42.2 Å². The molecule has 0 radical (unpaired) electrons. The van der Waals surface area contributed by atoms with Gasteiger partial charge in [0.2, 0.25) is 0 Å². The molecule has 0 amide bonds. The first-order valence-electron chi connectivity index (χ1n) is 8.29. The number of hydrogen-bond donors (Lipinski definition) is 1. The fraction of sp³-hybridized carbons (Fsp3) is 0.0455. The average molecular weight is 362 g/mol. The zero-order valence-electron chi connectivity index (χ0n) is 13.9. The molecule has 0 aliphatic carbocycles. The zero-order valence-corrected chi connectivity index (χ0v) is 14.6. The summed E-state index contributed by atoms with van der Waals surface area (Å²) in [7, 11) is 0. The maximum absolute atomic E-state index is 11.2. The Hall–Kier alpha value is -3.04. The maximum Gasteiger partial charge on any atom is 0.307 e. The lowest BCUT2D eigenvalue weighted by molar-refractivity contribution is -0.136. The number of hydrogen-bond acceptors (Lipinski definition) is 1. The number of benzene rings is 3. The highest BCUT2D eigenvalue weighted by molar-refractivity contribution is 6.30. The summed E-state index contributed by atoms with van der Waals surface area (Å²) >= 11 is 6.08. The summed E-state index contributed by atoms with van der Waals surface area (Å²) in [5, 5.41) is 10.8. The quantitative estimate of drug-likeness (QED) is 0.515. The van der Waals surface area contributed by atoms with Crippen LogP contribution >= 0.6 is 11.6 Å². The van der Waals surface area contributed by atoms with Gasteiger partial charge in [-0.3, -0.25) is 4.79 Å². The third-order valence-corrected chi connectivity index (χ3v) is 4.67. The number of carboxylic acid groups (broad SMARTS) is 1. The molecule has 0 fully saturated rings. The van der Waals surface area contributed by atoms with Gasteiger partial charge in [0.1, 0.15) is 0 Å². The number of carbonyl (C=O) groups is 1. The first kappa shape index (κ1) is 16.4. The maximum atomic E-state index is 11.2. The number of halogens is 1. The van der Waals surface area contributed by atoms with Gasteiger partial charge >= 0.3 is 5.97 Å². The van der Waals surface area contributed by atoms with E-state index in [1.54, 1.807) is 0 Å². The van der Waals surface area contributed by atoms with Gasteiger partial charge in [-0.05, 0) is 47.0 Å². The van der Waals surface area contributed by atoms with Crippen molar-refractivity contribution in [1.82, 2.24) is 4.57 Å². The van der Waals surface area contributed by atoms with E-state index < -0.39 is 5.97 Å². The summed E-state index contributed by atoms with van der Waals surface area (Å²) in [5.74, 6) is -0.829. The minimum atomic E-state index is -0.829. The highest BCUT2D eigenvalue weighted by atomic mass is 35.5. The highest BCUT2D eigenvalue weighted by Crippen LogP contribution is 2.28. The molecule has 0 unspecified atom stereocenters. The Kier molecular flexibility index (Phi) is 4.23. The summed E-state index contributed by atoms with van der Waals surface area (Å²) in [6.07, 6.45) is 1.92. The van der Waals surface area contributed by atoms with E-state index in [1.807, 2.05) is 83.6 Å². The van der Waals surface area contributed by atoms with Gasteiger partial charge in [0.25, 0.3) is 0 Å². The van der Waals surface area contributed by atoms with Crippen LogP contribution in [0.4, 0.5) is 0 Å². The molecule has 4 heteroatoms. The summed E-state index contributed by atoms with van der Waals surface area (Å²) in [5.41, 5.74) is 4.95. The van der Waals surface area contributed by atoms with Gasteiger partial charge in [0.15, 0.2) is 0 Å². The Morgan fingerprint density at radius 3 is 2.42 bits per heavy atom. The second-order valence-corrected chi connectivity index (χ2v) is 6.61. The minimum Gasteiger partial charge on any atom is -0.481 e. The van der Waals surface area contributed by atoms with Crippen molar-refractivity contribution >= 4 is 28.5 Å². The zero-order chi connectivity index (χ0) is 18.1. The molecule has 0 saturated heterocycles. The summed E-state index contributed by atoms with van der Waals surface area (Å²) in [6.45, 7) is 0. The molecule has 1 aromatic heterocycles. The average Bonchev–Trinajstić information content (AvgIpc) is 3.00. The molecule has 4 aromatic rings. The molecule has 4 rings (SSSR count). The van der Waals surface area contributed by atoms with Crippen LogP contribution in [-0.2, 0) is 11.2 Å². The number of nitrogens with zero attached hydrogens (tertiary/aromatic N) is 1. The van der Waals surface area contributed by atoms with E-state index >= 15 is 0 Å². The largest absolute Gasteiger partial charge is 0.481 e. The number of carboxylic acids is 1. The molecule has 1 heterocycles. The normalized spacial score (nSPS) is 11.0. The third-order valence-electron chi connectivity index (χ3n) is 4.44. The molecule has 0 aliphatic rings.